The van der Waals surface area contributed by atoms with Crippen LogP contribution in [0.1, 0.15) is 35.0 Å². The molecule has 2 heterocycles. The van der Waals surface area contributed by atoms with E-state index in [1.165, 1.54) is 7.11 Å². The van der Waals surface area contributed by atoms with Crippen LogP contribution in [-0.4, -0.2) is 57.7 Å². The summed E-state index contributed by atoms with van der Waals surface area (Å²) in [5, 5.41) is 25.7. The second-order valence-corrected chi connectivity index (χ2v) is 7.64. The summed E-state index contributed by atoms with van der Waals surface area (Å²) in [6.45, 7) is 2.25. The summed E-state index contributed by atoms with van der Waals surface area (Å²) in [5.41, 5.74) is 3.06. The number of nitrogens with zero attached hydrogens (tertiary/aromatic N) is 3. The highest BCUT2D eigenvalue weighted by Gasteiger charge is 2.31. The van der Waals surface area contributed by atoms with E-state index in [1.807, 2.05) is 19.1 Å². The molecule has 10 nitrogen and oxygen atoms in total. The number of hydrazone groups is 1. The predicted molar refractivity (Wildman–Crippen MR) is 125 cm³/mol. The molecule has 3 N–H and O–H groups in total. The first kappa shape index (κ1) is 23.0. The van der Waals surface area contributed by atoms with Crippen molar-refractivity contribution in [3.63, 3.8) is 0 Å². The Kier molecular flexibility index (Phi) is 6.88. The topological polar surface area (TPSA) is 129 Å². The van der Waals surface area contributed by atoms with Crippen LogP contribution in [0.5, 0.6) is 11.5 Å². The summed E-state index contributed by atoms with van der Waals surface area (Å²) in [6, 6.07) is 13.8. The number of amides is 1. The first-order chi connectivity index (χ1) is 16.5. The smallest absolute Gasteiger partial charge is 0.276 e. The summed E-state index contributed by atoms with van der Waals surface area (Å²) in [4.78, 5) is 23.9. The van der Waals surface area contributed by atoms with Crippen LogP contribution in [0.4, 0.5) is 5.69 Å². The molecular weight excluding hydrogens is 438 g/mol. The Morgan fingerprint density at radius 1 is 1.26 bits per heavy atom. The van der Waals surface area contributed by atoms with Crippen molar-refractivity contribution in [3.05, 3.63) is 71.5 Å². The normalized spacial score (nSPS) is 17.7. The number of aromatic hydroxyl groups is 1. The first-order valence-corrected chi connectivity index (χ1v) is 10.8. The maximum absolute atomic E-state index is 12.2. The summed E-state index contributed by atoms with van der Waals surface area (Å²) >= 11 is 0. The number of rotatable bonds is 8. The molecule has 0 saturated carbocycles. The lowest BCUT2D eigenvalue weighted by Gasteiger charge is -2.35. The van der Waals surface area contributed by atoms with Crippen LogP contribution in [0.3, 0.4) is 0 Å². The number of nitrogens with one attached hydrogen (secondary N) is 2. The summed E-state index contributed by atoms with van der Waals surface area (Å²) in [5.74, 6) is 0.0346. The molecule has 1 aliphatic heterocycles. The van der Waals surface area contributed by atoms with E-state index in [1.54, 1.807) is 47.6 Å². The van der Waals surface area contributed by atoms with Gasteiger partial charge in [-0.3, -0.25) is 19.7 Å². The molecule has 0 spiro atoms. The molecule has 0 saturated heterocycles. The molecule has 1 aliphatic rings. The Morgan fingerprint density at radius 2 is 2.06 bits per heavy atom. The molecule has 3 aromatic rings. The third kappa shape index (κ3) is 4.91. The Labute approximate surface area is 196 Å². The zero-order chi connectivity index (χ0) is 24.1. The van der Waals surface area contributed by atoms with E-state index in [4.69, 9.17) is 14.6 Å². The van der Waals surface area contributed by atoms with Crippen molar-refractivity contribution < 1.29 is 24.2 Å². The van der Waals surface area contributed by atoms with Crippen LogP contribution in [0.2, 0.25) is 0 Å². The molecule has 1 aromatic heterocycles. The van der Waals surface area contributed by atoms with E-state index >= 15 is 0 Å². The van der Waals surface area contributed by atoms with E-state index in [0.29, 0.717) is 47.7 Å². The maximum atomic E-state index is 12.2. The molecule has 34 heavy (non-hydrogen) atoms. The van der Waals surface area contributed by atoms with E-state index in [9.17, 15) is 14.7 Å². The number of aromatic amines is 1. The number of anilines is 1. The van der Waals surface area contributed by atoms with Gasteiger partial charge >= 0.3 is 0 Å². The van der Waals surface area contributed by atoms with Crippen LogP contribution in [-0.2, 0) is 16.1 Å². The van der Waals surface area contributed by atoms with Crippen LogP contribution >= 0.6 is 0 Å². The van der Waals surface area contributed by atoms with Gasteiger partial charge in [-0.15, -0.1) is 0 Å². The van der Waals surface area contributed by atoms with Gasteiger partial charge in [0.15, 0.2) is 17.8 Å². The Bertz CT molecular complexity index is 1180. The largest absolute Gasteiger partial charge is 0.504 e. The van der Waals surface area contributed by atoms with Gasteiger partial charge in [-0.1, -0.05) is 19.1 Å². The molecule has 0 fully saturated rings. The van der Waals surface area contributed by atoms with Crippen molar-refractivity contribution in [2.24, 2.45) is 5.10 Å². The lowest BCUT2D eigenvalue weighted by Crippen LogP contribution is -2.45. The third-order valence-electron chi connectivity index (χ3n) is 5.39. The zero-order valence-electron chi connectivity index (χ0n) is 18.8. The average molecular weight is 463 g/mol. The fourth-order valence-electron chi connectivity index (χ4n) is 3.64. The number of phenolic OH excluding ortho intramolecular Hbond substituents is 1. The van der Waals surface area contributed by atoms with E-state index in [2.05, 4.69) is 15.5 Å². The molecular formula is C24H25N5O5. The van der Waals surface area contributed by atoms with Crippen molar-refractivity contribution in [1.82, 2.24) is 15.2 Å². The highest BCUT2D eigenvalue weighted by Crippen LogP contribution is 2.29. The first-order valence-electron chi connectivity index (χ1n) is 10.8. The van der Waals surface area contributed by atoms with E-state index in [0.717, 1.165) is 5.56 Å². The Balaban J connectivity index is 1.54. The molecule has 0 bridgehead atoms. The molecule has 1 amide bonds. The minimum absolute atomic E-state index is 0.00547. The number of ether oxygens (including phenoxy) is 2. The van der Waals surface area contributed by atoms with Gasteiger partial charge in [0.25, 0.3) is 5.91 Å². The molecule has 176 valence electrons. The standard InChI is InChI=1S/C24H25N5O5/c1-3-20-23(16-6-9-21(33-2)19(31)12-16)28-29(22(14-30)34-20)13-15-4-7-17(8-5-15)26-24(32)18-10-11-25-27-18/h4-12,14,20,22,31H,3,13H2,1-2H3,(H,25,27)(H,26,32). The van der Waals surface area contributed by atoms with E-state index < -0.39 is 12.3 Å². The zero-order valence-corrected chi connectivity index (χ0v) is 18.8. The number of carbonyl (C=O) groups excluding carboxylic acids is 2. The fraction of sp³-hybridized carbons (Fsp3) is 0.250. The van der Waals surface area contributed by atoms with Crippen molar-refractivity contribution in [3.8, 4) is 11.5 Å². The number of methoxy groups -OCH3 is 1. The number of aldehydes is 1. The molecule has 4 rings (SSSR count). The highest BCUT2D eigenvalue weighted by atomic mass is 16.5. The van der Waals surface area contributed by atoms with Gasteiger partial charge in [0.05, 0.1) is 19.4 Å². The molecule has 2 aromatic carbocycles. The Hall–Kier alpha value is -4.18. The van der Waals surface area contributed by atoms with Gasteiger partial charge in [-0.2, -0.15) is 10.2 Å². The molecule has 2 unspecified atom stereocenters. The Morgan fingerprint density at radius 3 is 2.68 bits per heavy atom. The number of aromatic nitrogens is 2. The number of hydrogen-bond donors (Lipinski definition) is 3. The van der Waals surface area contributed by atoms with Gasteiger partial charge in [0.1, 0.15) is 11.8 Å². The molecule has 10 heteroatoms. The minimum Gasteiger partial charge on any atom is -0.504 e. The fourth-order valence-corrected chi connectivity index (χ4v) is 3.64. The SMILES string of the molecule is CCC1OC(C=O)N(Cc2ccc(NC(=O)c3cc[nH]n3)cc2)N=C1c1ccc(OC)c(O)c1. The number of H-pyrrole nitrogens is 1. The summed E-state index contributed by atoms with van der Waals surface area (Å²) < 4.78 is 11.1. The van der Waals surface area contributed by atoms with Gasteiger partial charge in [0.2, 0.25) is 6.23 Å². The van der Waals surface area contributed by atoms with E-state index in [-0.39, 0.29) is 11.7 Å². The van der Waals surface area contributed by atoms with Crippen LogP contribution in [0.25, 0.3) is 0 Å². The average Bonchev–Trinajstić information content (AvgIpc) is 3.40. The summed E-state index contributed by atoms with van der Waals surface area (Å²) in [6.07, 6.45) is 1.65. The third-order valence-corrected chi connectivity index (χ3v) is 5.39. The second kappa shape index (κ2) is 10.2. The van der Waals surface area contributed by atoms with Gasteiger partial charge < -0.3 is 19.9 Å². The van der Waals surface area contributed by atoms with Gasteiger partial charge in [0, 0.05) is 17.4 Å². The van der Waals surface area contributed by atoms with Crippen LogP contribution in [0, 0.1) is 0 Å². The molecule has 0 radical (unpaired) electrons. The number of phenols is 1. The number of hydrogen-bond acceptors (Lipinski definition) is 8. The number of benzene rings is 2. The van der Waals surface area contributed by atoms with Crippen LogP contribution < -0.4 is 10.1 Å². The van der Waals surface area contributed by atoms with Crippen molar-refractivity contribution in [2.45, 2.75) is 32.2 Å². The monoisotopic (exact) mass is 463 g/mol. The van der Waals surface area contributed by atoms with Crippen molar-refractivity contribution >= 4 is 23.6 Å². The van der Waals surface area contributed by atoms with Gasteiger partial charge in [-0.05, 0) is 48.4 Å². The maximum Gasteiger partial charge on any atom is 0.276 e. The van der Waals surface area contributed by atoms with Crippen molar-refractivity contribution in [1.29, 1.82) is 0 Å². The molecule has 0 aliphatic carbocycles. The highest BCUT2D eigenvalue weighted by molar-refractivity contribution is 6.04. The summed E-state index contributed by atoms with van der Waals surface area (Å²) in [7, 11) is 1.48. The quantitative estimate of drug-likeness (QED) is 0.438. The lowest BCUT2D eigenvalue weighted by molar-refractivity contribution is -0.139. The second-order valence-electron chi connectivity index (χ2n) is 7.64. The van der Waals surface area contributed by atoms with Gasteiger partial charge in [-0.25, -0.2) is 0 Å². The number of carbonyl (C=O) groups is 2. The minimum atomic E-state index is -0.848. The van der Waals surface area contributed by atoms with Crippen LogP contribution in [0.15, 0.2) is 59.8 Å². The predicted octanol–water partition coefficient (Wildman–Crippen LogP) is 2.92. The van der Waals surface area contributed by atoms with Crippen molar-refractivity contribution in [2.75, 3.05) is 12.4 Å². The lowest BCUT2D eigenvalue weighted by atomic mass is 10.0. The molecule has 2 atom stereocenters.